The van der Waals surface area contributed by atoms with Gasteiger partial charge in [0.15, 0.2) is 5.78 Å². The molecule has 0 unspecified atom stereocenters. The van der Waals surface area contributed by atoms with Gasteiger partial charge in [-0.3, -0.25) is 9.59 Å². The number of Topliss-reactive ketones (excluding diaryl/α,β-unsaturated/α-hetero) is 1. The SMILES string of the molecule is CC(=O)c1ccc(NC(=O)C2CCN(S(=O)(=O)c3ccc(C)cc3C)CC2)cc1. The molecule has 7 heteroatoms. The number of hydrogen-bond donors (Lipinski definition) is 1. The molecule has 0 atom stereocenters. The van der Waals surface area contributed by atoms with Crippen molar-refractivity contribution in [2.24, 2.45) is 5.92 Å². The summed E-state index contributed by atoms with van der Waals surface area (Å²) in [4.78, 5) is 24.2. The fourth-order valence-corrected chi connectivity index (χ4v) is 5.29. The summed E-state index contributed by atoms with van der Waals surface area (Å²) in [5.41, 5.74) is 2.98. The largest absolute Gasteiger partial charge is 0.326 e. The number of nitrogens with one attached hydrogen (secondary N) is 1. The molecule has 6 nitrogen and oxygen atoms in total. The van der Waals surface area contributed by atoms with Crippen molar-refractivity contribution in [3.05, 3.63) is 59.2 Å². The quantitative estimate of drug-likeness (QED) is 0.759. The van der Waals surface area contributed by atoms with Crippen LogP contribution in [0, 0.1) is 19.8 Å². The number of nitrogens with zero attached hydrogens (tertiary/aromatic N) is 1. The van der Waals surface area contributed by atoms with E-state index in [1.807, 2.05) is 13.0 Å². The van der Waals surface area contributed by atoms with E-state index < -0.39 is 10.0 Å². The van der Waals surface area contributed by atoms with E-state index in [2.05, 4.69) is 5.32 Å². The molecule has 2 aromatic carbocycles. The molecule has 0 bridgehead atoms. The van der Waals surface area contributed by atoms with Crippen molar-refractivity contribution in [2.45, 2.75) is 38.5 Å². The second-order valence-electron chi connectivity index (χ2n) is 7.57. The first kappa shape index (κ1) is 21.2. The van der Waals surface area contributed by atoms with E-state index in [1.165, 1.54) is 11.2 Å². The molecule has 0 aliphatic carbocycles. The lowest BCUT2D eigenvalue weighted by atomic mass is 9.97. The van der Waals surface area contributed by atoms with Crippen molar-refractivity contribution in [1.82, 2.24) is 4.31 Å². The maximum absolute atomic E-state index is 13.0. The first-order chi connectivity index (χ1) is 13.7. The highest BCUT2D eigenvalue weighted by Gasteiger charge is 2.32. The van der Waals surface area contributed by atoms with Crippen LogP contribution in [-0.2, 0) is 14.8 Å². The van der Waals surface area contributed by atoms with E-state index in [0.717, 1.165) is 11.1 Å². The molecule has 2 aromatic rings. The predicted molar refractivity (Wildman–Crippen MR) is 112 cm³/mol. The monoisotopic (exact) mass is 414 g/mol. The minimum absolute atomic E-state index is 0.0275. The van der Waals surface area contributed by atoms with E-state index in [0.29, 0.717) is 42.1 Å². The van der Waals surface area contributed by atoms with Gasteiger partial charge < -0.3 is 5.32 Å². The normalized spacial score (nSPS) is 15.8. The zero-order valence-electron chi connectivity index (χ0n) is 16.9. The lowest BCUT2D eigenvalue weighted by Crippen LogP contribution is -2.41. The molecule has 1 saturated heterocycles. The molecule has 154 valence electrons. The minimum atomic E-state index is -3.56. The zero-order chi connectivity index (χ0) is 21.2. The van der Waals surface area contributed by atoms with Crippen LogP contribution in [0.3, 0.4) is 0 Å². The van der Waals surface area contributed by atoms with Crippen molar-refractivity contribution in [1.29, 1.82) is 0 Å². The Kier molecular flexibility index (Phi) is 6.19. The van der Waals surface area contributed by atoms with Gasteiger partial charge in [0.2, 0.25) is 15.9 Å². The number of carbonyl (C=O) groups is 2. The fraction of sp³-hybridized carbons (Fsp3) is 0.364. The summed E-state index contributed by atoms with van der Waals surface area (Å²) in [6.45, 7) is 5.86. The van der Waals surface area contributed by atoms with Crippen LogP contribution in [0.4, 0.5) is 5.69 Å². The van der Waals surface area contributed by atoms with Gasteiger partial charge in [-0.25, -0.2) is 8.42 Å². The summed E-state index contributed by atoms with van der Waals surface area (Å²) in [7, 11) is -3.56. The molecule has 0 saturated carbocycles. The molecular weight excluding hydrogens is 388 g/mol. The summed E-state index contributed by atoms with van der Waals surface area (Å²) < 4.78 is 27.4. The van der Waals surface area contributed by atoms with Crippen LogP contribution in [0.25, 0.3) is 0 Å². The summed E-state index contributed by atoms with van der Waals surface area (Å²) in [5, 5.41) is 2.86. The Morgan fingerprint density at radius 3 is 2.17 bits per heavy atom. The highest BCUT2D eigenvalue weighted by molar-refractivity contribution is 7.89. The van der Waals surface area contributed by atoms with E-state index in [1.54, 1.807) is 43.3 Å². The van der Waals surface area contributed by atoms with E-state index in [4.69, 9.17) is 0 Å². The molecule has 0 radical (unpaired) electrons. The van der Waals surface area contributed by atoms with Crippen molar-refractivity contribution < 1.29 is 18.0 Å². The minimum Gasteiger partial charge on any atom is -0.326 e. The Balaban J connectivity index is 1.62. The van der Waals surface area contributed by atoms with Crippen LogP contribution in [0.5, 0.6) is 0 Å². The third-order valence-corrected chi connectivity index (χ3v) is 7.39. The Hall–Kier alpha value is -2.51. The van der Waals surface area contributed by atoms with Crippen LogP contribution in [0.1, 0.15) is 41.3 Å². The number of rotatable bonds is 5. The number of ketones is 1. The number of benzene rings is 2. The zero-order valence-corrected chi connectivity index (χ0v) is 17.8. The molecule has 1 amide bonds. The number of aryl methyl sites for hydroxylation is 2. The molecule has 0 aromatic heterocycles. The van der Waals surface area contributed by atoms with Crippen LogP contribution in [-0.4, -0.2) is 37.5 Å². The van der Waals surface area contributed by atoms with Gasteiger partial charge in [0.1, 0.15) is 0 Å². The van der Waals surface area contributed by atoms with Crippen LogP contribution in [0.2, 0.25) is 0 Å². The van der Waals surface area contributed by atoms with Gasteiger partial charge in [-0.2, -0.15) is 4.31 Å². The second kappa shape index (κ2) is 8.47. The average Bonchev–Trinajstić information content (AvgIpc) is 2.68. The van der Waals surface area contributed by atoms with Gasteiger partial charge in [-0.1, -0.05) is 17.7 Å². The number of hydrogen-bond acceptors (Lipinski definition) is 4. The summed E-state index contributed by atoms with van der Waals surface area (Å²) in [6, 6.07) is 12.1. The number of anilines is 1. The molecular formula is C22H26N2O4S. The fourth-order valence-electron chi connectivity index (χ4n) is 3.62. The van der Waals surface area contributed by atoms with Crippen molar-refractivity contribution >= 4 is 27.4 Å². The van der Waals surface area contributed by atoms with E-state index in [9.17, 15) is 18.0 Å². The average molecular weight is 415 g/mol. The Labute approximate surface area is 172 Å². The topological polar surface area (TPSA) is 83.6 Å². The van der Waals surface area contributed by atoms with Gasteiger partial charge in [-0.15, -0.1) is 0 Å². The molecule has 1 fully saturated rings. The lowest BCUT2D eigenvalue weighted by molar-refractivity contribution is -0.120. The van der Waals surface area contributed by atoms with Crippen molar-refractivity contribution in [3.8, 4) is 0 Å². The Morgan fingerprint density at radius 2 is 1.62 bits per heavy atom. The second-order valence-corrected chi connectivity index (χ2v) is 9.48. The Morgan fingerprint density at radius 1 is 1.00 bits per heavy atom. The number of amides is 1. The third-order valence-electron chi connectivity index (χ3n) is 5.33. The molecule has 0 spiro atoms. The first-order valence-corrected chi connectivity index (χ1v) is 11.1. The van der Waals surface area contributed by atoms with Gasteiger partial charge in [0.25, 0.3) is 0 Å². The summed E-state index contributed by atoms with van der Waals surface area (Å²) in [5.74, 6) is -0.391. The highest BCUT2D eigenvalue weighted by atomic mass is 32.2. The molecule has 3 rings (SSSR count). The molecule has 1 aliphatic rings. The number of piperidine rings is 1. The first-order valence-electron chi connectivity index (χ1n) is 9.68. The molecule has 1 N–H and O–H groups in total. The standard InChI is InChI=1S/C22H26N2O4S/c1-15-4-9-21(16(2)14-15)29(27,28)24-12-10-19(11-13-24)22(26)23-20-7-5-18(6-8-20)17(3)25/h4-9,14,19H,10-13H2,1-3H3,(H,23,26). The lowest BCUT2D eigenvalue weighted by Gasteiger charge is -2.31. The third kappa shape index (κ3) is 4.74. The van der Waals surface area contributed by atoms with Gasteiger partial charge in [0, 0.05) is 30.3 Å². The molecule has 29 heavy (non-hydrogen) atoms. The highest BCUT2D eigenvalue weighted by Crippen LogP contribution is 2.27. The molecule has 1 heterocycles. The van der Waals surface area contributed by atoms with Crippen LogP contribution in [0.15, 0.2) is 47.4 Å². The predicted octanol–water partition coefficient (Wildman–Crippen LogP) is 3.55. The van der Waals surface area contributed by atoms with Crippen LogP contribution >= 0.6 is 0 Å². The van der Waals surface area contributed by atoms with Gasteiger partial charge >= 0.3 is 0 Å². The number of sulfonamides is 1. The Bertz CT molecular complexity index is 1020. The van der Waals surface area contributed by atoms with E-state index >= 15 is 0 Å². The summed E-state index contributed by atoms with van der Waals surface area (Å²) >= 11 is 0. The summed E-state index contributed by atoms with van der Waals surface area (Å²) in [6.07, 6.45) is 0.947. The van der Waals surface area contributed by atoms with Crippen LogP contribution < -0.4 is 5.32 Å². The van der Waals surface area contributed by atoms with Crippen molar-refractivity contribution in [3.63, 3.8) is 0 Å². The van der Waals surface area contributed by atoms with Crippen molar-refractivity contribution in [2.75, 3.05) is 18.4 Å². The smallest absolute Gasteiger partial charge is 0.243 e. The maximum atomic E-state index is 13.0. The van der Waals surface area contributed by atoms with E-state index in [-0.39, 0.29) is 17.6 Å². The van der Waals surface area contributed by atoms with Gasteiger partial charge in [0.05, 0.1) is 4.90 Å². The van der Waals surface area contributed by atoms with Gasteiger partial charge in [-0.05, 0) is 69.5 Å². The molecule has 1 aliphatic heterocycles. The number of carbonyl (C=O) groups excluding carboxylic acids is 2. The maximum Gasteiger partial charge on any atom is 0.243 e.